The molecule has 0 bridgehead atoms. The van der Waals surface area contributed by atoms with Crippen LogP contribution in [0.2, 0.25) is 0 Å². The van der Waals surface area contributed by atoms with Crippen LogP contribution in [0.4, 0.5) is 4.79 Å². The second kappa shape index (κ2) is 8.20. The van der Waals surface area contributed by atoms with Crippen LogP contribution in [0.3, 0.4) is 0 Å². The van der Waals surface area contributed by atoms with Crippen LogP contribution in [0.15, 0.2) is 35.5 Å². The van der Waals surface area contributed by atoms with Gasteiger partial charge in [-0.05, 0) is 32.8 Å². The third kappa shape index (κ3) is 5.63. The second-order valence-corrected chi connectivity index (χ2v) is 7.16. The molecule has 1 aromatic carbocycles. The third-order valence-corrected chi connectivity index (χ3v) is 3.97. The van der Waals surface area contributed by atoms with Gasteiger partial charge in [-0.2, -0.15) is 0 Å². The van der Waals surface area contributed by atoms with Crippen molar-refractivity contribution in [1.29, 1.82) is 0 Å². The molecule has 1 amide bonds. The third-order valence-electron chi connectivity index (χ3n) is 3.97. The van der Waals surface area contributed by atoms with Gasteiger partial charge >= 0.3 is 6.09 Å². The van der Waals surface area contributed by atoms with Crippen LogP contribution >= 0.6 is 0 Å². The van der Waals surface area contributed by atoms with Gasteiger partial charge in [-0.15, -0.1) is 0 Å². The van der Waals surface area contributed by atoms with Crippen molar-refractivity contribution in [2.75, 3.05) is 6.54 Å². The van der Waals surface area contributed by atoms with E-state index in [-0.39, 0.29) is 11.9 Å². The fraction of sp³-hybridized carbons (Fsp3) is 0.556. The maximum atomic E-state index is 12.4. The molecule has 138 valence electrons. The summed E-state index contributed by atoms with van der Waals surface area (Å²) < 4.78 is 11.4. The molecule has 7 heteroatoms. The number of nitrogens with zero attached hydrogens (tertiary/aromatic N) is 2. The summed E-state index contributed by atoms with van der Waals surface area (Å²) in [4.78, 5) is 13.9. The average molecular weight is 349 g/mol. The van der Waals surface area contributed by atoms with E-state index < -0.39 is 17.7 Å². The number of piperidine rings is 1. The van der Waals surface area contributed by atoms with Crippen molar-refractivity contribution >= 4 is 11.9 Å². The maximum absolute atomic E-state index is 12.4. The predicted molar refractivity (Wildman–Crippen MR) is 94.4 cm³/mol. The number of nitrogens with two attached hydrogens (primary N) is 1. The van der Waals surface area contributed by atoms with Gasteiger partial charge in [0, 0.05) is 13.0 Å². The van der Waals surface area contributed by atoms with E-state index in [2.05, 4.69) is 5.16 Å². The van der Waals surface area contributed by atoms with Crippen molar-refractivity contribution in [2.24, 2.45) is 10.9 Å². The van der Waals surface area contributed by atoms with Crippen LogP contribution in [0.25, 0.3) is 0 Å². The molecule has 25 heavy (non-hydrogen) atoms. The van der Waals surface area contributed by atoms with Gasteiger partial charge in [0.1, 0.15) is 5.60 Å². The van der Waals surface area contributed by atoms with Gasteiger partial charge in [-0.25, -0.2) is 4.79 Å². The Morgan fingerprint density at radius 2 is 2.04 bits per heavy atom. The van der Waals surface area contributed by atoms with Crippen LogP contribution in [0, 0.1) is 0 Å². The number of amides is 1. The molecule has 1 aromatic rings. The quantitative estimate of drug-likeness (QED) is 0.377. The average Bonchev–Trinajstić information content (AvgIpc) is 2.58. The van der Waals surface area contributed by atoms with Gasteiger partial charge in [0.2, 0.25) is 0 Å². The van der Waals surface area contributed by atoms with E-state index >= 15 is 0 Å². The molecule has 0 aliphatic carbocycles. The lowest BCUT2D eigenvalue weighted by Gasteiger charge is -2.39. The van der Waals surface area contributed by atoms with Gasteiger partial charge < -0.3 is 20.4 Å². The summed E-state index contributed by atoms with van der Waals surface area (Å²) in [6.07, 6.45) is 0.582. The molecule has 1 saturated heterocycles. The van der Waals surface area contributed by atoms with Gasteiger partial charge in [0.25, 0.3) is 0 Å². The molecule has 1 heterocycles. The minimum Gasteiger partial charge on any atom is -0.444 e. The fourth-order valence-corrected chi connectivity index (χ4v) is 2.76. The van der Waals surface area contributed by atoms with Gasteiger partial charge in [0.05, 0.1) is 18.8 Å². The highest BCUT2D eigenvalue weighted by atomic mass is 16.6. The predicted octanol–water partition coefficient (Wildman–Crippen LogP) is 2.72. The molecule has 2 rings (SSSR count). The SMILES string of the molecule is CC(C)(C)OC(=O)N1CCC(OCc2ccccc2)CC1/C(N)=N/O. The second-order valence-electron chi connectivity index (χ2n) is 7.16. The molecule has 2 atom stereocenters. The Bertz CT molecular complexity index is 598. The van der Waals surface area contributed by atoms with E-state index in [1.54, 1.807) is 20.8 Å². The van der Waals surface area contributed by atoms with Gasteiger partial charge in [0.15, 0.2) is 5.84 Å². The summed E-state index contributed by atoms with van der Waals surface area (Å²) in [6, 6.07) is 9.33. The summed E-state index contributed by atoms with van der Waals surface area (Å²) in [6.45, 7) is 6.33. The number of amidine groups is 1. The zero-order valence-corrected chi connectivity index (χ0v) is 15.0. The Labute approximate surface area is 148 Å². The minimum atomic E-state index is -0.604. The van der Waals surface area contributed by atoms with Crippen LogP contribution in [-0.4, -0.2) is 46.3 Å². The molecule has 0 saturated carbocycles. The molecule has 0 spiro atoms. The minimum absolute atomic E-state index is 0.0149. The number of rotatable bonds is 4. The summed E-state index contributed by atoms with van der Waals surface area (Å²) in [5.74, 6) is -0.0149. The van der Waals surface area contributed by atoms with Crippen LogP contribution < -0.4 is 5.73 Å². The summed E-state index contributed by atoms with van der Waals surface area (Å²) in [7, 11) is 0. The molecule has 1 aliphatic rings. The number of benzene rings is 1. The molecular formula is C18H27N3O4. The highest BCUT2D eigenvalue weighted by molar-refractivity contribution is 5.88. The fourth-order valence-electron chi connectivity index (χ4n) is 2.76. The molecule has 2 unspecified atom stereocenters. The number of carbonyl (C=O) groups is 1. The van der Waals surface area contributed by atoms with E-state index in [9.17, 15) is 4.79 Å². The Morgan fingerprint density at radius 1 is 1.36 bits per heavy atom. The van der Waals surface area contributed by atoms with Crippen molar-refractivity contribution in [2.45, 2.75) is 58.0 Å². The lowest BCUT2D eigenvalue weighted by molar-refractivity contribution is -0.0260. The van der Waals surface area contributed by atoms with Crippen LogP contribution in [0.1, 0.15) is 39.2 Å². The molecular weight excluding hydrogens is 322 g/mol. The Kier molecular flexibility index (Phi) is 6.25. The summed E-state index contributed by atoms with van der Waals surface area (Å²) in [5, 5.41) is 12.1. The van der Waals surface area contributed by atoms with E-state index in [4.69, 9.17) is 20.4 Å². The van der Waals surface area contributed by atoms with E-state index in [1.165, 1.54) is 4.90 Å². The summed E-state index contributed by atoms with van der Waals surface area (Å²) >= 11 is 0. The van der Waals surface area contributed by atoms with Crippen molar-refractivity contribution < 1.29 is 19.5 Å². The first-order chi connectivity index (χ1) is 11.8. The number of ether oxygens (including phenoxy) is 2. The van der Waals surface area contributed by atoms with E-state index in [1.807, 2.05) is 30.3 Å². The highest BCUT2D eigenvalue weighted by Crippen LogP contribution is 2.24. The number of hydrogen-bond acceptors (Lipinski definition) is 5. The molecule has 0 radical (unpaired) electrons. The van der Waals surface area contributed by atoms with E-state index in [0.717, 1.165) is 5.56 Å². The standard InChI is InChI=1S/C18H27N3O4/c1-18(2,3)25-17(22)21-10-9-14(11-15(21)16(19)20-23)24-12-13-7-5-4-6-8-13/h4-8,14-15,23H,9-12H2,1-3H3,(H2,19,20). The number of carbonyl (C=O) groups excluding carboxylic acids is 1. The van der Waals surface area contributed by atoms with Crippen molar-refractivity contribution in [1.82, 2.24) is 4.90 Å². The Balaban J connectivity index is 2.00. The first-order valence-corrected chi connectivity index (χ1v) is 8.42. The van der Waals surface area contributed by atoms with Crippen LogP contribution in [-0.2, 0) is 16.1 Å². The van der Waals surface area contributed by atoms with Crippen LogP contribution in [0.5, 0.6) is 0 Å². The molecule has 1 aliphatic heterocycles. The number of likely N-dealkylation sites (tertiary alicyclic amines) is 1. The zero-order chi connectivity index (χ0) is 18.4. The Morgan fingerprint density at radius 3 is 2.64 bits per heavy atom. The maximum Gasteiger partial charge on any atom is 0.410 e. The number of oxime groups is 1. The highest BCUT2D eigenvalue weighted by Gasteiger charge is 2.37. The van der Waals surface area contributed by atoms with Crippen molar-refractivity contribution in [3.05, 3.63) is 35.9 Å². The smallest absolute Gasteiger partial charge is 0.410 e. The lowest BCUT2D eigenvalue weighted by atomic mass is 9.98. The zero-order valence-electron chi connectivity index (χ0n) is 15.0. The topological polar surface area (TPSA) is 97.4 Å². The van der Waals surface area contributed by atoms with E-state index in [0.29, 0.717) is 26.0 Å². The Hall–Kier alpha value is -2.28. The summed E-state index contributed by atoms with van der Waals surface area (Å²) in [5.41, 5.74) is 6.28. The van der Waals surface area contributed by atoms with Gasteiger partial charge in [-0.1, -0.05) is 35.5 Å². The normalized spacial score (nSPS) is 21.9. The molecule has 0 aromatic heterocycles. The first-order valence-electron chi connectivity index (χ1n) is 8.42. The molecule has 3 N–H and O–H groups in total. The molecule has 7 nitrogen and oxygen atoms in total. The molecule has 1 fully saturated rings. The lowest BCUT2D eigenvalue weighted by Crippen LogP contribution is -2.55. The largest absolute Gasteiger partial charge is 0.444 e. The first kappa shape index (κ1) is 19.1. The van der Waals surface area contributed by atoms with Gasteiger partial charge in [-0.3, -0.25) is 4.90 Å². The monoisotopic (exact) mass is 349 g/mol. The van der Waals surface area contributed by atoms with Crippen molar-refractivity contribution in [3.8, 4) is 0 Å². The number of hydrogen-bond donors (Lipinski definition) is 2. The van der Waals surface area contributed by atoms with Crippen molar-refractivity contribution in [3.63, 3.8) is 0 Å².